The Bertz CT molecular complexity index is 541. The summed E-state index contributed by atoms with van der Waals surface area (Å²) in [6.45, 7) is 1.59. The Hall–Kier alpha value is -1.34. The first-order chi connectivity index (χ1) is 11.1. The standard InChI is InChI=1S/C16H24ClN3O3/c1-22-13-5-6-20(12(8-13)9-18)10-16(21)19-14-7-11(17)3-4-15(14)23-2/h3-4,7,12-13H,5-6,8-10,18H2,1-2H3,(H,19,21). The van der Waals surface area contributed by atoms with E-state index in [9.17, 15) is 4.79 Å². The molecule has 1 amide bonds. The highest BCUT2D eigenvalue weighted by molar-refractivity contribution is 6.31. The van der Waals surface area contributed by atoms with Crippen molar-refractivity contribution >= 4 is 23.2 Å². The molecule has 6 nitrogen and oxygen atoms in total. The maximum absolute atomic E-state index is 12.3. The van der Waals surface area contributed by atoms with E-state index in [0.29, 0.717) is 23.0 Å². The Kier molecular flexibility index (Phi) is 6.65. The zero-order valence-corrected chi connectivity index (χ0v) is 14.3. The lowest BCUT2D eigenvalue weighted by atomic mass is 9.99. The van der Waals surface area contributed by atoms with Crippen LogP contribution in [0.1, 0.15) is 12.8 Å². The van der Waals surface area contributed by atoms with Gasteiger partial charge in [0.1, 0.15) is 5.75 Å². The lowest BCUT2D eigenvalue weighted by Crippen LogP contribution is -2.50. The highest BCUT2D eigenvalue weighted by Gasteiger charge is 2.28. The number of benzene rings is 1. The molecule has 0 spiro atoms. The fraction of sp³-hybridized carbons (Fsp3) is 0.562. The fourth-order valence-corrected chi connectivity index (χ4v) is 3.05. The van der Waals surface area contributed by atoms with Crippen molar-refractivity contribution in [2.24, 2.45) is 5.73 Å². The number of carbonyl (C=O) groups excluding carboxylic acids is 1. The minimum Gasteiger partial charge on any atom is -0.495 e. The third-order valence-corrected chi connectivity index (χ3v) is 4.41. The van der Waals surface area contributed by atoms with Crippen LogP contribution in [0.5, 0.6) is 5.75 Å². The van der Waals surface area contributed by atoms with Crippen molar-refractivity contribution in [2.75, 3.05) is 39.2 Å². The van der Waals surface area contributed by atoms with Gasteiger partial charge in [-0.15, -0.1) is 0 Å². The molecule has 0 radical (unpaired) electrons. The average molecular weight is 342 g/mol. The summed E-state index contributed by atoms with van der Waals surface area (Å²) in [4.78, 5) is 14.4. The third-order valence-electron chi connectivity index (χ3n) is 4.18. The van der Waals surface area contributed by atoms with E-state index in [4.69, 9.17) is 26.8 Å². The van der Waals surface area contributed by atoms with Crippen LogP contribution >= 0.6 is 11.6 Å². The van der Waals surface area contributed by atoms with E-state index in [0.717, 1.165) is 19.4 Å². The van der Waals surface area contributed by atoms with Crippen LogP contribution in [0.25, 0.3) is 0 Å². The maximum Gasteiger partial charge on any atom is 0.238 e. The SMILES string of the molecule is COc1ccc(Cl)cc1NC(=O)CN1CCC(OC)CC1CN. The number of ether oxygens (including phenoxy) is 2. The number of nitrogens with two attached hydrogens (primary N) is 1. The fourth-order valence-electron chi connectivity index (χ4n) is 2.88. The Balaban J connectivity index is 1.98. The summed E-state index contributed by atoms with van der Waals surface area (Å²) in [6, 6.07) is 5.28. The van der Waals surface area contributed by atoms with Crippen molar-refractivity contribution in [2.45, 2.75) is 25.0 Å². The monoisotopic (exact) mass is 341 g/mol. The first-order valence-electron chi connectivity index (χ1n) is 7.67. The van der Waals surface area contributed by atoms with Crippen molar-refractivity contribution in [3.63, 3.8) is 0 Å². The van der Waals surface area contributed by atoms with Crippen LogP contribution in [0.4, 0.5) is 5.69 Å². The van der Waals surface area contributed by atoms with Crippen LogP contribution in [-0.4, -0.2) is 56.8 Å². The Labute approximate surface area is 141 Å². The summed E-state index contributed by atoms with van der Waals surface area (Å²) in [6.07, 6.45) is 1.97. The van der Waals surface area contributed by atoms with Gasteiger partial charge in [0.2, 0.25) is 5.91 Å². The second-order valence-electron chi connectivity index (χ2n) is 5.63. The molecule has 0 aromatic heterocycles. The van der Waals surface area contributed by atoms with Crippen LogP contribution in [-0.2, 0) is 9.53 Å². The van der Waals surface area contributed by atoms with Crippen LogP contribution in [0.3, 0.4) is 0 Å². The van der Waals surface area contributed by atoms with E-state index in [1.54, 1.807) is 32.4 Å². The molecule has 3 N–H and O–H groups in total. The van der Waals surface area contributed by atoms with Gasteiger partial charge in [-0.2, -0.15) is 0 Å². The molecule has 0 aliphatic carbocycles. The molecule has 23 heavy (non-hydrogen) atoms. The van der Waals surface area contributed by atoms with Crippen LogP contribution in [0.2, 0.25) is 5.02 Å². The minimum atomic E-state index is -0.111. The Morgan fingerprint density at radius 3 is 2.91 bits per heavy atom. The zero-order chi connectivity index (χ0) is 16.8. The van der Waals surface area contributed by atoms with Crippen molar-refractivity contribution < 1.29 is 14.3 Å². The van der Waals surface area contributed by atoms with Crippen molar-refractivity contribution in [3.8, 4) is 5.75 Å². The van der Waals surface area contributed by atoms with Crippen LogP contribution < -0.4 is 15.8 Å². The van der Waals surface area contributed by atoms with E-state index in [-0.39, 0.29) is 24.6 Å². The number of rotatable bonds is 6. The number of likely N-dealkylation sites (tertiary alicyclic amines) is 1. The molecule has 1 aliphatic rings. The van der Waals surface area contributed by atoms with Crippen LogP contribution in [0, 0.1) is 0 Å². The number of halogens is 1. The number of anilines is 1. The second-order valence-corrected chi connectivity index (χ2v) is 6.07. The Morgan fingerprint density at radius 2 is 2.26 bits per heavy atom. The number of nitrogens with zero attached hydrogens (tertiary/aromatic N) is 1. The molecule has 0 bridgehead atoms. The van der Waals surface area contributed by atoms with E-state index in [1.165, 1.54) is 0 Å². The molecule has 1 heterocycles. The highest BCUT2D eigenvalue weighted by Crippen LogP contribution is 2.27. The van der Waals surface area contributed by atoms with Crippen molar-refractivity contribution in [3.05, 3.63) is 23.2 Å². The van der Waals surface area contributed by atoms with Gasteiger partial charge in [-0.3, -0.25) is 9.69 Å². The summed E-state index contributed by atoms with van der Waals surface area (Å²) in [5.74, 6) is 0.469. The number of hydrogen-bond acceptors (Lipinski definition) is 5. The highest BCUT2D eigenvalue weighted by atomic mass is 35.5. The number of amides is 1. The summed E-state index contributed by atoms with van der Waals surface area (Å²) in [7, 11) is 3.27. The largest absolute Gasteiger partial charge is 0.495 e. The molecule has 0 saturated carbocycles. The summed E-state index contributed by atoms with van der Waals surface area (Å²) >= 11 is 5.98. The number of nitrogens with one attached hydrogen (secondary N) is 1. The predicted molar refractivity (Wildman–Crippen MR) is 91.1 cm³/mol. The minimum absolute atomic E-state index is 0.111. The summed E-state index contributed by atoms with van der Waals surface area (Å²) in [5, 5.41) is 3.40. The topological polar surface area (TPSA) is 76.8 Å². The van der Waals surface area contributed by atoms with E-state index in [1.807, 2.05) is 0 Å². The summed E-state index contributed by atoms with van der Waals surface area (Å²) in [5.41, 5.74) is 6.41. The van der Waals surface area contributed by atoms with E-state index < -0.39 is 0 Å². The van der Waals surface area contributed by atoms with Gasteiger partial charge in [-0.05, 0) is 31.0 Å². The molecule has 2 unspecified atom stereocenters. The molecular weight excluding hydrogens is 318 g/mol. The van der Waals surface area contributed by atoms with Gasteiger partial charge in [0.05, 0.1) is 25.4 Å². The van der Waals surface area contributed by atoms with Gasteiger partial charge in [-0.25, -0.2) is 0 Å². The van der Waals surface area contributed by atoms with Gasteiger partial charge in [0.25, 0.3) is 0 Å². The first kappa shape index (κ1) is 18.0. The predicted octanol–water partition coefficient (Wildman–Crippen LogP) is 1.73. The number of hydrogen-bond donors (Lipinski definition) is 2. The molecule has 2 atom stereocenters. The lowest BCUT2D eigenvalue weighted by molar-refractivity contribution is -0.118. The maximum atomic E-state index is 12.3. The van der Waals surface area contributed by atoms with Gasteiger partial charge < -0.3 is 20.5 Å². The molecule has 1 fully saturated rings. The van der Waals surface area contributed by atoms with Gasteiger partial charge in [0, 0.05) is 31.3 Å². The van der Waals surface area contributed by atoms with E-state index >= 15 is 0 Å². The average Bonchev–Trinajstić information content (AvgIpc) is 2.55. The molecule has 128 valence electrons. The molecule has 1 aliphatic heterocycles. The third kappa shape index (κ3) is 4.81. The molecule has 1 aromatic rings. The Morgan fingerprint density at radius 1 is 1.48 bits per heavy atom. The normalized spacial score (nSPS) is 21.9. The molecule has 7 heteroatoms. The van der Waals surface area contributed by atoms with Crippen molar-refractivity contribution in [1.82, 2.24) is 4.90 Å². The van der Waals surface area contributed by atoms with Gasteiger partial charge in [0.15, 0.2) is 0 Å². The van der Waals surface area contributed by atoms with Gasteiger partial charge in [-0.1, -0.05) is 11.6 Å². The molecule has 1 aromatic carbocycles. The van der Waals surface area contributed by atoms with Crippen molar-refractivity contribution in [1.29, 1.82) is 0 Å². The molecule has 1 saturated heterocycles. The first-order valence-corrected chi connectivity index (χ1v) is 8.05. The molecule has 2 rings (SSSR count). The quantitative estimate of drug-likeness (QED) is 0.824. The van der Waals surface area contributed by atoms with Crippen LogP contribution in [0.15, 0.2) is 18.2 Å². The van der Waals surface area contributed by atoms with Gasteiger partial charge >= 0.3 is 0 Å². The summed E-state index contributed by atoms with van der Waals surface area (Å²) < 4.78 is 10.6. The number of methoxy groups -OCH3 is 2. The smallest absolute Gasteiger partial charge is 0.238 e. The zero-order valence-electron chi connectivity index (χ0n) is 13.5. The second kappa shape index (κ2) is 8.49. The lowest BCUT2D eigenvalue weighted by Gasteiger charge is -2.37. The van der Waals surface area contributed by atoms with E-state index in [2.05, 4.69) is 10.2 Å². The number of piperidine rings is 1. The molecular formula is C16H24ClN3O3. The number of carbonyl (C=O) groups is 1.